The molecular formula is C15H15N3O2. The fraction of sp³-hybridized carbons (Fsp3) is 0.200. The molecule has 0 atom stereocenters. The zero-order valence-electron chi connectivity index (χ0n) is 11.6. The molecule has 102 valence electrons. The topological polar surface area (TPSA) is 60.0 Å². The fourth-order valence-corrected chi connectivity index (χ4v) is 2.13. The van der Waals surface area contributed by atoms with Gasteiger partial charge < -0.3 is 14.5 Å². The molecule has 0 spiro atoms. The second-order valence-electron chi connectivity index (χ2n) is 4.49. The molecule has 3 aromatic rings. The first-order chi connectivity index (χ1) is 9.71. The van der Waals surface area contributed by atoms with E-state index in [0.717, 1.165) is 33.9 Å². The molecule has 2 heterocycles. The lowest BCUT2D eigenvalue weighted by Gasteiger charge is -2.08. The summed E-state index contributed by atoms with van der Waals surface area (Å²) >= 11 is 0. The summed E-state index contributed by atoms with van der Waals surface area (Å²) in [7, 11) is 3.26. The second-order valence-corrected chi connectivity index (χ2v) is 4.49. The first-order valence-electron chi connectivity index (χ1n) is 6.26. The van der Waals surface area contributed by atoms with E-state index in [2.05, 4.69) is 15.0 Å². The SMILES string of the molecule is COc1ccc(-c2nc3cc(C)ncc3[nH]2)c(OC)c1. The average molecular weight is 269 g/mol. The van der Waals surface area contributed by atoms with Crippen molar-refractivity contribution in [2.45, 2.75) is 6.92 Å². The van der Waals surface area contributed by atoms with Gasteiger partial charge in [-0.3, -0.25) is 4.98 Å². The van der Waals surface area contributed by atoms with Crippen molar-refractivity contribution >= 4 is 11.0 Å². The largest absolute Gasteiger partial charge is 0.497 e. The average Bonchev–Trinajstić information content (AvgIpc) is 2.89. The Labute approximate surface area is 116 Å². The monoisotopic (exact) mass is 269 g/mol. The summed E-state index contributed by atoms with van der Waals surface area (Å²) in [5, 5.41) is 0. The normalized spacial score (nSPS) is 10.8. The van der Waals surface area contributed by atoms with E-state index in [-0.39, 0.29) is 0 Å². The van der Waals surface area contributed by atoms with Crippen LogP contribution in [-0.4, -0.2) is 29.2 Å². The number of aromatic amines is 1. The molecule has 3 rings (SSSR count). The van der Waals surface area contributed by atoms with E-state index in [4.69, 9.17) is 9.47 Å². The third kappa shape index (κ3) is 2.07. The van der Waals surface area contributed by atoms with Gasteiger partial charge in [0.05, 0.1) is 37.0 Å². The Kier molecular flexibility index (Phi) is 3.02. The van der Waals surface area contributed by atoms with Crippen molar-refractivity contribution in [3.63, 3.8) is 0 Å². The number of hydrogen-bond acceptors (Lipinski definition) is 4. The van der Waals surface area contributed by atoms with Crippen LogP contribution in [-0.2, 0) is 0 Å². The minimum atomic E-state index is 0.716. The molecule has 5 nitrogen and oxygen atoms in total. The standard InChI is InChI=1S/C15H15N3O2/c1-9-6-12-13(8-16-9)18-15(17-12)11-5-4-10(19-2)7-14(11)20-3/h4-8H,1-3H3,(H,17,18). The molecule has 0 aliphatic heterocycles. The lowest BCUT2D eigenvalue weighted by molar-refractivity contribution is 0.395. The highest BCUT2D eigenvalue weighted by Crippen LogP contribution is 2.32. The van der Waals surface area contributed by atoms with Crippen LogP contribution in [0.2, 0.25) is 0 Å². The van der Waals surface area contributed by atoms with Gasteiger partial charge in [-0.05, 0) is 25.1 Å². The smallest absolute Gasteiger partial charge is 0.142 e. The molecule has 0 radical (unpaired) electrons. The summed E-state index contributed by atoms with van der Waals surface area (Å²) in [5.41, 5.74) is 3.63. The van der Waals surface area contributed by atoms with Crippen molar-refractivity contribution in [1.82, 2.24) is 15.0 Å². The van der Waals surface area contributed by atoms with Gasteiger partial charge in [0, 0.05) is 11.8 Å². The summed E-state index contributed by atoms with van der Waals surface area (Å²) in [5.74, 6) is 2.22. The van der Waals surface area contributed by atoms with Gasteiger partial charge in [-0.1, -0.05) is 0 Å². The Morgan fingerprint density at radius 2 is 1.95 bits per heavy atom. The van der Waals surface area contributed by atoms with Gasteiger partial charge in [0.1, 0.15) is 17.3 Å². The number of imidazole rings is 1. The van der Waals surface area contributed by atoms with Crippen molar-refractivity contribution in [2.24, 2.45) is 0 Å². The van der Waals surface area contributed by atoms with Crippen molar-refractivity contribution in [1.29, 1.82) is 0 Å². The Bertz CT molecular complexity index is 765. The van der Waals surface area contributed by atoms with Crippen LogP contribution in [0.4, 0.5) is 0 Å². The van der Waals surface area contributed by atoms with E-state index < -0.39 is 0 Å². The second kappa shape index (κ2) is 4.85. The number of nitrogens with zero attached hydrogens (tertiary/aromatic N) is 2. The lowest BCUT2D eigenvalue weighted by atomic mass is 10.2. The molecule has 0 amide bonds. The number of pyridine rings is 1. The molecule has 0 saturated heterocycles. The summed E-state index contributed by atoms with van der Waals surface area (Å²) in [6.45, 7) is 1.95. The lowest BCUT2D eigenvalue weighted by Crippen LogP contribution is -1.91. The van der Waals surface area contributed by atoms with E-state index in [1.54, 1.807) is 20.4 Å². The molecular weight excluding hydrogens is 254 g/mol. The Hall–Kier alpha value is -2.56. The molecule has 5 heteroatoms. The molecule has 0 aliphatic carbocycles. The van der Waals surface area contributed by atoms with Crippen molar-refractivity contribution in [2.75, 3.05) is 14.2 Å². The molecule has 0 bridgehead atoms. The van der Waals surface area contributed by atoms with Crippen LogP contribution < -0.4 is 9.47 Å². The zero-order chi connectivity index (χ0) is 14.1. The first-order valence-corrected chi connectivity index (χ1v) is 6.26. The van der Waals surface area contributed by atoms with E-state index in [9.17, 15) is 0 Å². The number of H-pyrrole nitrogens is 1. The van der Waals surface area contributed by atoms with Gasteiger partial charge in [0.15, 0.2) is 0 Å². The third-order valence-corrected chi connectivity index (χ3v) is 3.17. The number of aromatic nitrogens is 3. The van der Waals surface area contributed by atoms with Crippen LogP contribution in [0.15, 0.2) is 30.5 Å². The number of benzene rings is 1. The van der Waals surface area contributed by atoms with E-state index in [1.807, 2.05) is 31.2 Å². The van der Waals surface area contributed by atoms with Crippen LogP contribution in [0.5, 0.6) is 11.5 Å². The van der Waals surface area contributed by atoms with Crippen LogP contribution in [0.1, 0.15) is 5.69 Å². The van der Waals surface area contributed by atoms with Crippen molar-refractivity contribution in [3.8, 4) is 22.9 Å². The van der Waals surface area contributed by atoms with Gasteiger partial charge in [-0.25, -0.2) is 4.98 Å². The zero-order valence-corrected chi connectivity index (χ0v) is 11.6. The number of hydrogen-bond donors (Lipinski definition) is 1. The number of aryl methyl sites for hydroxylation is 1. The maximum atomic E-state index is 5.41. The molecule has 0 unspecified atom stereocenters. The van der Waals surface area contributed by atoms with E-state index >= 15 is 0 Å². The van der Waals surface area contributed by atoms with Gasteiger partial charge in [-0.2, -0.15) is 0 Å². The highest BCUT2D eigenvalue weighted by atomic mass is 16.5. The molecule has 1 N–H and O–H groups in total. The molecule has 0 fully saturated rings. The van der Waals surface area contributed by atoms with Crippen LogP contribution in [0.25, 0.3) is 22.4 Å². The Morgan fingerprint density at radius 3 is 2.70 bits per heavy atom. The minimum absolute atomic E-state index is 0.716. The van der Waals surface area contributed by atoms with Crippen LogP contribution in [0, 0.1) is 6.92 Å². The van der Waals surface area contributed by atoms with Crippen LogP contribution in [0.3, 0.4) is 0 Å². The van der Waals surface area contributed by atoms with E-state index in [0.29, 0.717) is 5.75 Å². The number of fused-ring (bicyclic) bond motifs is 1. The summed E-state index contributed by atoms with van der Waals surface area (Å²) < 4.78 is 10.6. The Balaban J connectivity index is 2.14. The van der Waals surface area contributed by atoms with Gasteiger partial charge >= 0.3 is 0 Å². The van der Waals surface area contributed by atoms with E-state index in [1.165, 1.54) is 0 Å². The maximum Gasteiger partial charge on any atom is 0.142 e. The highest BCUT2D eigenvalue weighted by Gasteiger charge is 2.12. The highest BCUT2D eigenvalue weighted by molar-refractivity contribution is 5.80. The molecule has 20 heavy (non-hydrogen) atoms. The van der Waals surface area contributed by atoms with Gasteiger partial charge in [-0.15, -0.1) is 0 Å². The predicted octanol–water partition coefficient (Wildman–Crippen LogP) is 2.95. The maximum absolute atomic E-state index is 5.41. The minimum Gasteiger partial charge on any atom is -0.497 e. The molecule has 2 aromatic heterocycles. The van der Waals surface area contributed by atoms with Crippen molar-refractivity contribution in [3.05, 3.63) is 36.2 Å². The molecule has 0 aliphatic rings. The first kappa shape index (κ1) is 12.5. The third-order valence-electron chi connectivity index (χ3n) is 3.17. The van der Waals surface area contributed by atoms with Crippen molar-refractivity contribution < 1.29 is 9.47 Å². The number of nitrogens with one attached hydrogen (secondary N) is 1. The number of methoxy groups -OCH3 is 2. The molecule has 0 saturated carbocycles. The summed E-state index contributed by atoms with van der Waals surface area (Å²) in [6.07, 6.45) is 1.79. The Morgan fingerprint density at radius 1 is 1.10 bits per heavy atom. The number of ether oxygens (including phenoxy) is 2. The number of rotatable bonds is 3. The summed E-state index contributed by atoms with van der Waals surface area (Å²) in [4.78, 5) is 12.1. The van der Waals surface area contributed by atoms with Gasteiger partial charge in [0.25, 0.3) is 0 Å². The van der Waals surface area contributed by atoms with Gasteiger partial charge in [0.2, 0.25) is 0 Å². The quantitative estimate of drug-likeness (QED) is 0.794. The summed E-state index contributed by atoms with van der Waals surface area (Å²) in [6, 6.07) is 7.60. The fourth-order valence-electron chi connectivity index (χ4n) is 2.13. The molecule has 1 aromatic carbocycles. The van der Waals surface area contributed by atoms with Crippen LogP contribution >= 0.6 is 0 Å². The predicted molar refractivity (Wildman–Crippen MR) is 77.2 cm³/mol.